The summed E-state index contributed by atoms with van der Waals surface area (Å²) in [5, 5.41) is 14.9. The Morgan fingerprint density at radius 2 is 1.64 bits per heavy atom. The molecule has 1 saturated heterocycles. The molecule has 1 aliphatic heterocycles. The number of hydrogen-bond donors (Lipinski definition) is 1. The molecule has 5 aromatic rings. The van der Waals surface area contributed by atoms with Gasteiger partial charge < -0.3 is 4.98 Å². The summed E-state index contributed by atoms with van der Waals surface area (Å²) in [6.07, 6.45) is 6.46. The molecule has 3 heterocycles. The highest BCUT2D eigenvalue weighted by atomic mass is 32.2. The van der Waals surface area contributed by atoms with E-state index in [2.05, 4.69) is 16.0 Å². The summed E-state index contributed by atoms with van der Waals surface area (Å²) in [7, 11) is -3.54. The van der Waals surface area contributed by atoms with Gasteiger partial charge in [-0.05, 0) is 55.3 Å². The van der Waals surface area contributed by atoms with Crippen molar-refractivity contribution in [2.24, 2.45) is 0 Å². The van der Waals surface area contributed by atoms with Crippen molar-refractivity contribution < 1.29 is 8.42 Å². The molecule has 0 atom stereocenters. The van der Waals surface area contributed by atoms with Crippen LogP contribution >= 0.6 is 0 Å². The molecular weight excluding hydrogens is 508 g/mol. The Bertz CT molecular complexity index is 1770. The fraction of sp³-hybridized carbons (Fsp3) is 0.167. The zero-order valence-corrected chi connectivity index (χ0v) is 22.0. The molecule has 8 nitrogen and oxygen atoms in total. The Labute approximate surface area is 226 Å². The Balaban J connectivity index is 1.42. The maximum atomic E-state index is 13.2. The third kappa shape index (κ3) is 4.88. The molecule has 0 radical (unpaired) electrons. The van der Waals surface area contributed by atoms with Gasteiger partial charge in [-0.3, -0.25) is 0 Å². The van der Waals surface area contributed by atoms with Gasteiger partial charge in [-0.15, -0.1) is 0 Å². The zero-order chi connectivity index (χ0) is 26.8. The molecule has 2 aromatic heterocycles. The number of allylic oxidation sites excluding steroid dienone is 1. The highest BCUT2D eigenvalue weighted by Gasteiger charge is 2.26. The first-order chi connectivity index (χ1) is 19.0. The molecule has 3 aromatic carbocycles. The second-order valence-corrected chi connectivity index (χ2v) is 11.4. The molecule has 194 valence electrons. The second kappa shape index (κ2) is 10.3. The lowest BCUT2D eigenvalue weighted by Gasteiger charge is -2.25. The van der Waals surface area contributed by atoms with Crippen molar-refractivity contribution in [2.45, 2.75) is 24.2 Å². The Morgan fingerprint density at radius 1 is 0.923 bits per heavy atom. The van der Waals surface area contributed by atoms with Crippen molar-refractivity contribution in [3.63, 3.8) is 0 Å². The highest BCUT2D eigenvalue weighted by molar-refractivity contribution is 7.89. The quantitative estimate of drug-likeness (QED) is 0.283. The third-order valence-corrected chi connectivity index (χ3v) is 8.82. The van der Waals surface area contributed by atoms with Crippen LogP contribution in [0.5, 0.6) is 0 Å². The largest absolute Gasteiger partial charge is 0.337 e. The molecule has 1 aliphatic rings. The van der Waals surface area contributed by atoms with E-state index in [1.807, 2.05) is 60.8 Å². The van der Waals surface area contributed by atoms with E-state index in [0.717, 1.165) is 41.5 Å². The van der Waals surface area contributed by atoms with Crippen LogP contribution in [0.15, 0.2) is 90.0 Å². The van der Waals surface area contributed by atoms with Crippen molar-refractivity contribution in [1.82, 2.24) is 24.1 Å². The van der Waals surface area contributed by atoms with Crippen molar-refractivity contribution in [2.75, 3.05) is 13.1 Å². The van der Waals surface area contributed by atoms with Crippen molar-refractivity contribution in [3.8, 4) is 23.0 Å². The van der Waals surface area contributed by atoms with E-state index in [0.29, 0.717) is 35.7 Å². The molecule has 0 unspecified atom stereocenters. The maximum Gasteiger partial charge on any atom is 0.243 e. The number of nitrogens with zero attached hydrogens (tertiary/aromatic N) is 5. The summed E-state index contributed by atoms with van der Waals surface area (Å²) in [5.74, 6) is 0.472. The molecular formula is C30H26N6O2S. The van der Waals surface area contributed by atoms with E-state index >= 15 is 0 Å². The van der Waals surface area contributed by atoms with Gasteiger partial charge in [0.1, 0.15) is 11.9 Å². The minimum absolute atomic E-state index is 0.271. The molecule has 0 saturated carbocycles. The van der Waals surface area contributed by atoms with Crippen LogP contribution in [0.3, 0.4) is 0 Å². The van der Waals surface area contributed by atoms with Gasteiger partial charge in [-0.1, -0.05) is 48.9 Å². The fourth-order valence-corrected chi connectivity index (χ4v) is 6.38. The first-order valence-electron chi connectivity index (χ1n) is 12.9. The monoisotopic (exact) mass is 534 g/mol. The SMILES string of the molecule is N#CC(=Cc1cn(-c2ccccc2)nc1-c1ccc(S(=O)(=O)N2CCCCC2)cc1)c1nc2ccccc2[nH]1. The van der Waals surface area contributed by atoms with Gasteiger partial charge in [0, 0.05) is 30.4 Å². The van der Waals surface area contributed by atoms with Gasteiger partial charge in [0.2, 0.25) is 10.0 Å². The Morgan fingerprint density at radius 3 is 2.36 bits per heavy atom. The number of H-pyrrole nitrogens is 1. The van der Waals surface area contributed by atoms with E-state index < -0.39 is 10.0 Å². The van der Waals surface area contributed by atoms with Crippen molar-refractivity contribution in [3.05, 3.63) is 96.4 Å². The van der Waals surface area contributed by atoms with Crippen LogP contribution in [0.1, 0.15) is 30.7 Å². The first kappa shape index (κ1) is 24.8. The maximum absolute atomic E-state index is 13.2. The lowest BCUT2D eigenvalue weighted by atomic mass is 10.1. The second-order valence-electron chi connectivity index (χ2n) is 9.47. The van der Waals surface area contributed by atoms with Gasteiger partial charge in [0.25, 0.3) is 0 Å². The summed E-state index contributed by atoms with van der Waals surface area (Å²) < 4.78 is 29.6. The normalized spacial score (nSPS) is 14.9. The number of sulfonamides is 1. The van der Waals surface area contributed by atoms with E-state index in [1.165, 1.54) is 0 Å². The number of imidazole rings is 1. The zero-order valence-electron chi connectivity index (χ0n) is 21.2. The molecule has 9 heteroatoms. The number of aromatic amines is 1. The van der Waals surface area contributed by atoms with Crippen LogP contribution in [0.25, 0.3) is 39.6 Å². The highest BCUT2D eigenvalue weighted by Crippen LogP contribution is 2.30. The summed E-state index contributed by atoms with van der Waals surface area (Å²) in [4.78, 5) is 8.08. The number of rotatable bonds is 6. The van der Waals surface area contributed by atoms with Crippen LogP contribution in [-0.2, 0) is 10.0 Å². The molecule has 0 aliphatic carbocycles. The summed E-state index contributed by atoms with van der Waals surface area (Å²) in [6, 6.07) is 26.4. The summed E-state index contributed by atoms with van der Waals surface area (Å²) in [6.45, 7) is 1.11. The topological polar surface area (TPSA) is 108 Å². The van der Waals surface area contributed by atoms with Crippen molar-refractivity contribution in [1.29, 1.82) is 5.26 Å². The number of benzene rings is 3. The third-order valence-electron chi connectivity index (χ3n) is 6.91. The lowest BCUT2D eigenvalue weighted by Crippen LogP contribution is -2.35. The fourth-order valence-electron chi connectivity index (χ4n) is 4.86. The van der Waals surface area contributed by atoms with E-state index in [-0.39, 0.29) is 4.90 Å². The van der Waals surface area contributed by atoms with Crippen LogP contribution in [0.2, 0.25) is 0 Å². The number of aromatic nitrogens is 4. The lowest BCUT2D eigenvalue weighted by molar-refractivity contribution is 0.346. The number of nitrogens with one attached hydrogen (secondary N) is 1. The molecule has 1 fully saturated rings. The van der Waals surface area contributed by atoms with Gasteiger partial charge >= 0.3 is 0 Å². The smallest absolute Gasteiger partial charge is 0.243 e. The van der Waals surface area contributed by atoms with Crippen LogP contribution in [-0.4, -0.2) is 45.6 Å². The summed E-state index contributed by atoms with van der Waals surface area (Å²) in [5.41, 5.74) is 4.94. The van der Waals surface area contributed by atoms with Crippen molar-refractivity contribution >= 4 is 32.7 Å². The number of piperidine rings is 1. The Hall–Kier alpha value is -4.52. The van der Waals surface area contributed by atoms with E-state index in [9.17, 15) is 13.7 Å². The predicted molar refractivity (Wildman–Crippen MR) is 151 cm³/mol. The van der Waals surface area contributed by atoms with Crippen LogP contribution in [0, 0.1) is 11.3 Å². The molecule has 1 N–H and O–H groups in total. The minimum atomic E-state index is -3.54. The summed E-state index contributed by atoms with van der Waals surface area (Å²) >= 11 is 0. The minimum Gasteiger partial charge on any atom is -0.337 e. The first-order valence-corrected chi connectivity index (χ1v) is 14.3. The van der Waals surface area contributed by atoms with Gasteiger partial charge in [0.05, 0.1) is 32.9 Å². The number of nitriles is 1. The predicted octanol–water partition coefficient (Wildman–Crippen LogP) is 5.65. The number of para-hydroxylation sites is 3. The van der Waals surface area contributed by atoms with E-state index in [4.69, 9.17) is 5.10 Å². The average molecular weight is 535 g/mol. The van der Waals surface area contributed by atoms with E-state index in [1.54, 1.807) is 39.3 Å². The average Bonchev–Trinajstić information content (AvgIpc) is 3.61. The molecule has 6 rings (SSSR count). The number of hydrogen-bond acceptors (Lipinski definition) is 5. The Kier molecular flexibility index (Phi) is 6.57. The van der Waals surface area contributed by atoms with Gasteiger partial charge in [-0.25, -0.2) is 18.1 Å². The number of fused-ring (bicyclic) bond motifs is 1. The van der Waals surface area contributed by atoms with Gasteiger partial charge in [-0.2, -0.15) is 14.7 Å². The van der Waals surface area contributed by atoms with Crippen LogP contribution < -0.4 is 0 Å². The molecule has 39 heavy (non-hydrogen) atoms. The molecule has 0 bridgehead atoms. The van der Waals surface area contributed by atoms with Crippen LogP contribution in [0.4, 0.5) is 0 Å². The molecule has 0 amide bonds. The van der Waals surface area contributed by atoms with Gasteiger partial charge in [0.15, 0.2) is 0 Å². The molecule has 0 spiro atoms. The standard InChI is InChI=1S/C30H26N6O2S/c31-20-23(30-32-27-11-5-6-12-28(27)33-30)19-24-21-36(25-9-3-1-4-10-25)34-29(24)22-13-15-26(16-14-22)39(37,38)35-17-7-2-8-18-35/h1,3-6,9-16,19,21H,2,7-8,17-18H2,(H,32,33).